The Balaban J connectivity index is 4.14. The van der Waals surface area contributed by atoms with Gasteiger partial charge >= 0.3 is 11.9 Å². The standard InChI is InChI=1S/C14H26O4/c1-5-11(6-2)10-18-14(16)12(7-3)9-13(15)17-8-4/h11-12H,5-10H2,1-4H3. The first-order valence-electron chi connectivity index (χ1n) is 6.91. The Morgan fingerprint density at radius 2 is 1.56 bits per heavy atom. The van der Waals surface area contributed by atoms with Crippen LogP contribution in [0.2, 0.25) is 0 Å². The summed E-state index contributed by atoms with van der Waals surface area (Å²) in [6.07, 6.45) is 2.71. The lowest BCUT2D eigenvalue weighted by molar-refractivity contribution is -0.156. The monoisotopic (exact) mass is 258 g/mol. The highest BCUT2D eigenvalue weighted by Crippen LogP contribution is 2.14. The summed E-state index contributed by atoms with van der Waals surface area (Å²) in [6.45, 7) is 8.59. The van der Waals surface area contributed by atoms with Gasteiger partial charge in [-0.15, -0.1) is 0 Å². The number of carbonyl (C=O) groups excluding carboxylic acids is 2. The topological polar surface area (TPSA) is 52.6 Å². The maximum Gasteiger partial charge on any atom is 0.309 e. The second-order valence-corrected chi connectivity index (χ2v) is 4.43. The maximum atomic E-state index is 11.8. The first-order chi connectivity index (χ1) is 8.58. The van der Waals surface area contributed by atoms with E-state index in [1.807, 2.05) is 6.92 Å². The van der Waals surface area contributed by atoms with E-state index in [2.05, 4.69) is 13.8 Å². The van der Waals surface area contributed by atoms with Crippen LogP contribution in [0.4, 0.5) is 0 Å². The Hall–Kier alpha value is -1.06. The van der Waals surface area contributed by atoms with E-state index in [4.69, 9.17) is 9.47 Å². The molecule has 0 amide bonds. The predicted octanol–water partition coefficient (Wildman–Crippen LogP) is 2.95. The average molecular weight is 258 g/mol. The smallest absolute Gasteiger partial charge is 0.309 e. The van der Waals surface area contributed by atoms with Crippen molar-refractivity contribution in [3.8, 4) is 0 Å². The van der Waals surface area contributed by atoms with Gasteiger partial charge in [0.25, 0.3) is 0 Å². The fraction of sp³-hybridized carbons (Fsp3) is 0.857. The molecule has 4 heteroatoms. The van der Waals surface area contributed by atoms with Crippen LogP contribution in [0.3, 0.4) is 0 Å². The lowest BCUT2D eigenvalue weighted by Crippen LogP contribution is -2.23. The van der Waals surface area contributed by atoms with E-state index in [1.54, 1.807) is 6.92 Å². The molecule has 0 aromatic carbocycles. The normalized spacial score (nSPS) is 12.3. The molecule has 0 aliphatic rings. The summed E-state index contributed by atoms with van der Waals surface area (Å²) in [7, 11) is 0. The molecule has 0 fully saturated rings. The summed E-state index contributed by atoms with van der Waals surface area (Å²) in [4.78, 5) is 23.2. The largest absolute Gasteiger partial charge is 0.466 e. The first-order valence-corrected chi connectivity index (χ1v) is 6.91. The van der Waals surface area contributed by atoms with Crippen molar-refractivity contribution in [1.29, 1.82) is 0 Å². The summed E-state index contributed by atoms with van der Waals surface area (Å²) < 4.78 is 10.1. The lowest BCUT2D eigenvalue weighted by Gasteiger charge is -2.16. The predicted molar refractivity (Wildman–Crippen MR) is 70.1 cm³/mol. The quantitative estimate of drug-likeness (QED) is 0.597. The first kappa shape index (κ1) is 16.9. The molecule has 106 valence electrons. The Kier molecular flexibility index (Phi) is 9.33. The summed E-state index contributed by atoms with van der Waals surface area (Å²) >= 11 is 0. The molecule has 1 unspecified atom stereocenters. The van der Waals surface area contributed by atoms with Gasteiger partial charge in [0.1, 0.15) is 0 Å². The van der Waals surface area contributed by atoms with Gasteiger partial charge in [-0.3, -0.25) is 9.59 Å². The number of carbonyl (C=O) groups is 2. The zero-order valence-electron chi connectivity index (χ0n) is 12.0. The highest BCUT2D eigenvalue weighted by molar-refractivity contribution is 5.79. The Labute approximate surface area is 110 Å². The number of esters is 2. The highest BCUT2D eigenvalue weighted by Gasteiger charge is 2.22. The molecule has 0 aliphatic heterocycles. The zero-order valence-corrected chi connectivity index (χ0v) is 12.0. The molecule has 0 rings (SSSR count). The van der Waals surface area contributed by atoms with E-state index in [-0.39, 0.29) is 24.3 Å². The summed E-state index contributed by atoms with van der Waals surface area (Å²) in [5.41, 5.74) is 0. The molecule has 0 bridgehead atoms. The van der Waals surface area contributed by atoms with Gasteiger partial charge in [-0.1, -0.05) is 33.6 Å². The van der Waals surface area contributed by atoms with E-state index in [1.165, 1.54) is 0 Å². The van der Waals surface area contributed by atoms with E-state index in [0.717, 1.165) is 12.8 Å². The third-order valence-electron chi connectivity index (χ3n) is 3.16. The minimum atomic E-state index is -0.376. The Morgan fingerprint density at radius 3 is 2.00 bits per heavy atom. The van der Waals surface area contributed by atoms with E-state index in [9.17, 15) is 9.59 Å². The van der Waals surface area contributed by atoms with Crippen molar-refractivity contribution in [2.75, 3.05) is 13.2 Å². The molecule has 0 saturated carbocycles. The average Bonchev–Trinajstić information content (AvgIpc) is 2.37. The Morgan fingerprint density at radius 1 is 0.944 bits per heavy atom. The van der Waals surface area contributed by atoms with Gasteiger partial charge < -0.3 is 9.47 Å². The second kappa shape index (κ2) is 9.92. The molecule has 0 spiro atoms. The number of rotatable bonds is 9. The Bertz CT molecular complexity index is 246. The molecular weight excluding hydrogens is 232 g/mol. The second-order valence-electron chi connectivity index (χ2n) is 4.43. The molecule has 0 radical (unpaired) electrons. The molecule has 4 nitrogen and oxygen atoms in total. The van der Waals surface area contributed by atoms with Crippen molar-refractivity contribution >= 4 is 11.9 Å². The van der Waals surface area contributed by atoms with Crippen molar-refractivity contribution in [3.63, 3.8) is 0 Å². The van der Waals surface area contributed by atoms with Gasteiger partial charge in [0.15, 0.2) is 0 Å². The molecule has 0 aliphatic carbocycles. The van der Waals surface area contributed by atoms with Crippen molar-refractivity contribution in [2.45, 2.75) is 53.4 Å². The van der Waals surface area contributed by atoms with Crippen LogP contribution in [0, 0.1) is 11.8 Å². The van der Waals surface area contributed by atoms with E-state index in [0.29, 0.717) is 25.6 Å². The van der Waals surface area contributed by atoms with Crippen LogP contribution in [-0.4, -0.2) is 25.2 Å². The fourth-order valence-corrected chi connectivity index (χ4v) is 1.66. The molecule has 0 saturated heterocycles. The SMILES string of the molecule is CCOC(=O)CC(CC)C(=O)OCC(CC)CC. The highest BCUT2D eigenvalue weighted by atomic mass is 16.5. The van der Waals surface area contributed by atoms with Crippen molar-refractivity contribution < 1.29 is 19.1 Å². The van der Waals surface area contributed by atoms with Crippen molar-refractivity contribution in [3.05, 3.63) is 0 Å². The van der Waals surface area contributed by atoms with Crippen molar-refractivity contribution in [2.24, 2.45) is 11.8 Å². The molecule has 0 aromatic heterocycles. The minimum absolute atomic E-state index is 0.117. The third kappa shape index (κ3) is 6.62. The number of hydrogen-bond donors (Lipinski definition) is 0. The van der Waals surface area contributed by atoms with Crippen molar-refractivity contribution in [1.82, 2.24) is 0 Å². The van der Waals surface area contributed by atoms with E-state index >= 15 is 0 Å². The van der Waals surface area contributed by atoms with Gasteiger partial charge in [-0.2, -0.15) is 0 Å². The molecule has 0 heterocycles. The summed E-state index contributed by atoms with van der Waals surface area (Å²) in [5.74, 6) is -0.575. The van der Waals surface area contributed by atoms with Crippen LogP contribution in [0.25, 0.3) is 0 Å². The van der Waals surface area contributed by atoms with Gasteiger partial charge in [0.05, 0.1) is 25.6 Å². The van der Waals surface area contributed by atoms with Gasteiger partial charge in [-0.25, -0.2) is 0 Å². The molecule has 18 heavy (non-hydrogen) atoms. The van der Waals surface area contributed by atoms with Gasteiger partial charge in [0.2, 0.25) is 0 Å². The number of hydrogen-bond acceptors (Lipinski definition) is 4. The third-order valence-corrected chi connectivity index (χ3v) is 3.16. The van der Waals surface area contributed by atoms with Crippen LogP contribution in [0.1, 0.15) is 53.4 Å². The van der Waals surface area contributed by atoms with Crippen LogP contribution >= 0.6 is 0 Å². The van der Waals surface area contributed by atoms with Crippen LogP contribution in [-0.2, 0) is 19.1 Å². The molecular formula is C14H26O4. The van der Waals surface area contributed by atoms with E-state index < -0.39 is 0 Å². The van der Waals surface area contributed by atoms with Crippen LogP contribution in [0.5, 0.6) is 0 Å². The molecule has 0 aromatic rings. The van der Waals surface area contributed by atoms with Crippen LogP contribution in [0.15, 0.2) is 0 Å². The summed E-state index contributed by atoms with van der Waals surface area (Å²) in [5, 5.41) is 0. The molecule has 1 atom stereocenters. The molecule has 0 N–H and O–H groups in total. The number of ether oxygens (including phenoxy) is 2. The lowest BCUT2D eigenvalue weighted by atomic mass is 10.0. The van der Waals surface area contributed by atoms with Gasteiger partial charge in [-0.05, 0) is 19.3 Å². The fourth-order valence-electron chi connectivity index (χ4n) is 1.66. The van der Waals surface area contributed by atoms with Gasteiger partial charge in [0, 0.05) is 0 Å². The maximum absolute atomic E-state index is 11.8. The van der Waals surface area contributed by atoms with Crippen LogP contribution < -0.4 is 0 Å². The zero-order chi connectivity index (χ0) is 14.0. The minimum Gasteiger partial charge on any atom is -0.466 e. The summed E-state index contributed by atoms with van der Waals surface area (Å²) in [6, 6.07) is 0.